The molecule has 1 atom stereocenters. The highest BCUT2D eigenvalue weighted by Crippen LogP contribution is 2.23. The molecule has 1 aliphatic heterocycles. The molecule has 0 radical (unpaired) electrons. The van der Waals surface area contributed by atoms with E-state index in [1.54, 1.807) is 0 Å². The smallest absolute Gasteiger partial charge is 0.252 e. The Bertz CT molecular complexity index is 1190. The Kier molecular flexibility index (Phi) is 5.61. The number of fused-ring (bicyclic) bond motifs is 1. The molecule has 0 fully saturated rings. The van der Waals surface area contributed by atoms with Crippen LogP contribution in [-0.4, -0.2) is 29.8 Å². The summed E-state index contributed by atoms with van der Waals surface area (Å²) in [6.45, 7) is 1.99. The van der Waals surface area contributed by atoms with Gasteiger partial charge in [-0.2, -0.15) is 4.99 Å². The van der Waals surface area contributed by atoms with Crippen LogP contribution in [0.4, 0.5) is 11.4 Å². The van der Waals surface area contributed by atoms with Gasteiger partial charge in [0.2, 0.25) is 17.8 Å². The number of nitrogens with one attached hydrogen (secondary N) is 3. The molecule has 156 valence electrons. The van der Waals surface area contributed by atoms with Crippen LogP contribution in [0.1, 0.15) is 12.0 Å². The number of aliphatic imine (C=N–C) groups is 2. The van der Waals surface area contributed by atoms with E-state index in [0.29, 0.717) is 5.69 Å². The van der Waals surface area contributed by atoms with Gasteiger partial charge >= 0.3 is 0 Å². The summed E-state index contributed by atoms with van der Waals surface area (Å²) < 4.78 is 0. The van der Waals surface area contributed by atoms with Crippen LogP contribution in [0.15, 0.2) is 76.7 Å². The van der Waals surface area contributed by atoms with Crippen LogP contribution in [0.25, 0.3) is 10.8 Å². The van der Waals surface area contributed by atoms with Crippen molar-refractivity contribution in [3.05, 3.63) is 72.3 Å². The maximum atomic E-state index is 12.5. The highest BCUT2D eigenvalue weighted by atomic mass is 16.2. The van der Waals surface area contributed by atoms with E-state index < -0.39 is 11.9 Å². The molecule has 0 bridgehead atoms. The van der Waals surface area contributed by atoms with Gasteiger partial charge in [0.1, 0.15) is 6.04 Å². The van der Waals surface area contributed by atoms with E-state index in [-0.39, 0.29) is 24.2 Å². The lowest BCUT2D eigenvalue weighted by Gasteiger charge is -2.09. The molecule has 2 amide bonds. The number of aryl methyl sites for hydroxylation is 1. The Labute approximate surface area is 179 Å². The molecular formula is C23H22N6O2. The maximum Gasteiger partial charge on any atom is 0.252 e. The first-order valence-electron chi connectivity index (χ1n) is 9.82. The minimum Gasteiger partial charge on any atom is -0.369 e. The minimum atomic E-state index is -0.860. The summed E-state index contributed by atoms with van der Waals surface area (Å²) in [4.78, 5) is 33.0. The van der Waals surface area contributed by atoms with E-state index >= 15 is 0 Å². The van der Waals surface area contributed by atoms with Gasteiger partial charge in [-0.05, 0) is 30.5 Å². The van der Waals surface area contributed by atoms with Gasteiger partial charge in [-0.3, -0.25) is 14.9 Å². The van der Waals surface area contributed by atoms with Crippen molar-refractivity contribution >= 4 is 45.9 Å². The lowest BCUT2D eigenvalue weighted by Crippen LogP contribution is -2.32. The van der Waals surface area contributed by atoms with Crippen LogP contribution in [0.2, 0.25) is 0 Å². The lowest BCUT2D eigenvalue weighted by molar-refractivity contribution is -0.123. The predicted octanol–water partition coefficient (Wildman–Crippen LogP) is 2.76. The number of hydrogen-bond donors (Lipinski definition) is 4. The first-order valence-corrected chi connectivity index (χ1v) is 9.82. The van der Waals surface area contributed by atoms with Crippen LogP contribution in [0.5, 0.6) is 0 Å². The average molecular weight is 414 g/mol. The zero-order valence-corrected chi connectivity index (χ0v) is 16.9. The topological polar surface area (TPSA) is 121 Å². The molecular weight excluding hydrogens is 392 g/mol. The van der Waals surface area contributed by atoms with E-state index in [0.717, 1.165) is 22.0 Å². The number of rotatable bonds is 4. The molecule has 0 aromatic heterocycles. The van der Waals surface area contributed by atoms with Crippen molar-refractivity contribution in [1.29, 1.82) is 0 Å². The average Bonchev–Trinajstić information content (AvgIpc) is 3.08. The Morgan fingerprint density at radius 2 is 1.81 bits per heavy atom. The number of amides is 2. The number of guanidine groups is 2. The van der Waals surface area contributed by atoms with Gasteiger partial charge in [-0.25, -0.2) is 4.99 Å². The van der Waals surface area contributed by atoms with Gasteiger partial charge in [-0.15, -0.1) is 0 Å². The highest BCUT2D eigenvalue weighted by Gasteiger charge is 2.28. The minimum absolute atomic E-state index is 0.0741. The molecule has 8 heteroatoms. The number of nitrogens with zero attached hydrogens (tertiary/aromatic N) is 2. The second-order valence-electron chi connectivity index (χ2n) is 7.22. The molecule has 3 aromatic carbocycles. The zero-order valence-electron chi connectivity index (χ0n) is 16.9. The maximum absolute atomic E-state index is 12.5. The third-order valence-electron chi connectivity index (χ3n) is 4.81. The van der Waals surface area contributed by atoms with Crippen molar-refractivity contribution < 1.29 is 9.59 Å². The molecule has 0 saturated carbocycles. The van der Waals surface area contributed by atoms with E-state index in [1.807, 2.05) is 73.7 Å². The fourth-order valence-electron chi connectivity index (χ4n) is 3.27. The number of carbonyl (C=O) groups excluding carboxylic acids is 2. The Hall–Kier alpha value is -4.20. The summed E-state index contributed by atoms with van der Waals surface area (Å²) in [5.41, 5.74) is 8.48. The van der Waals surface area contributed by atoms with Gasteiger partial charge < -0.3 is 16.4 Å². The summed E-state index contributed by atoms with van der Waals surface area (Å²) in [6.07, 6.45) is -0.0978. The highest BCUT2D eigenvalue weighted by molar-refractivity contribution is 6.12. The third kappa shape index (κ3) is 4.87. The molecule has 1 unspecified atom stereocenters. The molecule has 1 heterocycles. The molecule has 3 aromatic rings. The fraction of sp³-hybridized carbons (Fsp3) is 0.130. The predicted molar refractivity (Wildman–Crippen MR) is 123 cm³/mol. The van der Waals surface area contributed by atoms with E-state index in [9.17, 15) is 9.59 Å². The largest absolute Gasteiger partial charge is 0.369 e. The summed E-state index contributed by atoms with van der Waals surface area (Å²) in [7, 11) is 0. The van der Waals surface area contributed by atoms with Crippen LogP contribution in [0, 0.1) is 6.92 Å². The molecule has 1 aliphatic rings. The standard InChI is InChI=1S/C23H22N6O2/c1-14-9-11-16(12-10-14)25-22(24)29-23-27-19(21(31)28-23)13-20(30)26-18-8-4-6-15-5-2-3-7-17(15)18/h2-12,19H,13H2,1H3,(H,26,30)(H4,24,25,27,28,29,31). The van der Waals surface area contributed by atoms with Crippen LogP contribution < -0.4 is 21.7 Å². The first kappa shape index (κ1) is 20.1. The Morgan fingerprint density at radius 1 is 1.06 bits per heavy atom. The van der Waals surface area contributed by atoms with Crippen LogP contribution in [-0.2, 0) is 9.59 Å². The molecule has 0 spiro atoms. The monoisotopic (exact) mass is 414 g/mol. The molecule has 4 rings (SSSR count). The summed E-state index contributed by atoms with van der Waals surface area (Å²) in [5.74, 6) is -0.542. The van der Waals surface area contributed by atoms with Crippen LogP contribution >= 0.6 is 0 Å². The number of benzene rings is 3. The number of hydrogen-bond acceptors (Lipinski definition) is 4. The number of nitrogens with two attached hydrogens (primary N) is 1. The van der Waals surface area contributed by atoms with Gasteiger partial charge in [0, 0.05) is 16.8 Å². The Balaban J connectivity index is 1.41. The number of carbonyl (C=O) groups is 2. The quantitative estimate of drug-likeness (QED) is 0.387. The summed E-state index contributed by atoms with van der Waals surface area (Å²) in [5, 5.41) is 10.3. The summed E-state index contributed by atoms with van der Waals surface area (Å²) >= 11 is 0. The van der Waals surface area contributed by atoms with Crippen molar-refractivity contribution in [2.45, 2.75) is 19.4 Å². The second kappa shape index (κ2) is 8.66. The lowest BCUT2D eigenvalue weighted by atomic mass is 10.1. The van der Waals surface area contributed by atoms with Crippen molar-refractivity contribution in [2.24, 2.45) is 15.7 Å². The molecule has 5 N–H and O–H groups in total. The zero-order chi connectivity index (χ0) is 21.8. The first-order chi connectivity index (χ1) is 15.0. The summed E-state index contributed by atoms with van der Waals surface area (Å²) in [6, 6.07) is 20.2. The molecule has 0 aliphatic carbocycles. The van der Waals surface area contributed by atoms with Crippen molar-refractivity contribution in [3.8, 4) is 0 Å². The van der Waals surface area contributed by atoms with Gasteiger partial charge in [0.05, 0.1) is 6.42 Å². The van der Waals surface area contributed by atoms with E-state index in [2.05, 4.69) is 25.9 Å². The normalized spacial score (nSPS) is 16.0. The van der Waals surface area contributed by atoms with E-state index in [1.165, 1.54) is 0 Å². The number of anilines is 2. The van der Waals surface area contributed by atoms with Crippen molar-refractivity contribution in [3.63, 3.8) is 0 Å². The SMILES string of the molecule is Cc1ccc(N/C(N)=N/C2=NC(CC(=O)Nc3cccc4ccccc34)C(=O)N2)cc1. The molecule has 0 saturated heterocycles. The second-order valence-corrected chi connectivity index (χ2v) is 7.22. The van der Waals surface area contributed by atoms with Crippen LogP contribution in [0.3, 0.4) is 0 Å². The van der Waals surface area contributed by atoms with Gasteiger partial charge in [0.25, 0.3) is 5.91 Å². The van der Waals surface area contributed by atoms with Crippen molar-refractivity contribution in [1.82, 2.24) is 5.32 Å². The Morgan fingerprint density at radius 3 is 2.61 bits per heavy atom. The fourth-order valence-corrected chi connectivity index (χ4v) is 3.27. The van der Waals surface area contributed by atoms with Gasteiger partial charge in [-0.1, -0.05) is 54.1 Å². The van der Waals surface area contributed by atoms with Gasteiger partial charge in [0.15, 0.2) is 0 Å². The van der Waals surface area contributed by atoms with E-state index in [4.69, 9.17) is 5.73 Å². The third-order valence-corrected chi connectivity index (χ3v) is 4.81. The van der Waals surface area contributed by atoms with Crippen molar-refractivity contribution in [2.75, 3.05) is 10.6 Å². The molecule has 8 nitrogen and oxygen atoms in total. The molecule has 31 heavy (non-hydrogen) atoms.